The summed E-state index contributed by atoms with van der Waals surface area (Å²) >= 11 is 0. The maximum Gasteiger partial charge on any atom is 0.410 e. The van der Waals surface area contributed by atoms with Crippen molar-refractivity contribution in [1.82, 2.24) is 15.0 Å². The summed E-state index contributed by atoms with van der Waals surface area (Å²) in [5.74, 6) is 0.601. The van der Waals surface area contributed by atoms with Gasteiger partial charge in [-0.2, -0.15) is 4.98 Å². The predicted octanol–water partition coefficient (Wildman–Crippen LogP) is 1.81. The molecule has 1 fully saturated rings. The van der Waals surface area contributed by atoms with Gasteiger partial charge in [-0.1, -0.05) is 5.16 Å². The van der Waals surface area contributed by atoms with Crippen LogP contribution in [-0.2, 0) is 4.74 Å². The van der Waals surface area contributed by atoms with Gasteiger partial charge in [-0.05, 0) is 40.5 Å². The fraction of sp³-hybridized carbons (Fsp3) is 0.769. The van der Waals surface area contributed by atoms with Gasteiger partial charge in [-0.15, -0.1) is 0 Å². The second kappa shape index (κ2) is 5.40. The molecule has 1 unspecified atom stereocenters. The lowest BCUT2D eigenvalue weighted by molar-refractivity contribution is -0.000862. The van der Waals surface area contributed by atoms with Crippen LogP contribution in [0.25, 0.3) is 0 Å². The van der Waals surface area contributed by atoms with Gasteiger partial charge in [0.15, 0.2) is 11.9 Å². The number of amides is 1. The topological polar surface area (TPSA) is 88.7 Å². The molecule has 1 aromatic heterocycles. The normalized spacial score (nSPS) is 21.1. The Hall–Kier alpha value is -1.63. The zero-order valence-corrected chi connectivity index (χ0v) is 12.3. The molecule has 0 aliphatic carbocycles. The molecule has 0 bridgehead atoms. The molecule has 112 valence electrons. The van der Waals surface area contributed by atoms with E-state index in [1.165, 1.54) is 4.90 Å². The maximum atomic E-state index is 12.1. The molecule has 1 saturated heterocycles. The summed E-state index contributed by atoms with van der Waals surface area (Å²) in [5.41, 5.74) is -0.559. The quantitative estimate of drug-likeness (QED) is 0.890. The van der Waals surface area contributed by atoms with E-state index >= 15 is 0 Å². The first kappa shape index (κ1) is 14.8. The molecule has 2 heterocycles. The van der Waals surface area contributed by atoms with E-state index in [9.17, 15) is 9.90 Å². The molecule has 1 amide bonds. The minimum Gasteiger partial charge on any atom is -0.444 e. The number of carbonyl (C=O) groups is 1. The maximum absolute atomic E-state index is 12.1. The molecule has 1 aliphatic heterocycles. The van der Waals surface area contributed by atoms with E-state index in [0.29, 0.717) is 18.8 Å². The Morgan fingerprint density at radius 2 is 2.25 bits per heavy atom. The van der Waals surface area contributed by atoms with Crippen LogP contribution in [-0.4, -0.2) is 44.4 Å². The molecular formula is C13H21N3O4. The second-order valence-corrected chi connectivity index (χ2v) is 6.01. The van der Waals surface area contributed by atoms with Gasteiger partial charge < -0.3 is 19.3 Å². The highest BCUT2D eigenvalue weighted by Crippen LogP contribution is 2.29. The Morgan fingerprint density at radius 1 is 1.55 bits per heavy atom. The molecular weight excluding hydrogens is 262 g/mol. The van der Waals surface area contributed by atoms with Crippen molar-refractivity contribution in [2.75, 3.05) is 6.54 Å². The highest BCUT2D eigenvalue weighted by atomic mass is 16.6. The lowest BCUT2D eigenvalue weighted by Gasteiger charge is -2.29. The molecule has 2 rings (SSSR count). The highest BCUT2D eigenvalue weighted by molar-refractivity contribution is 5.69. The molecule has 1 aromatic rings. The average Bonchev–Trinajstić information content (AvgIpc) is 2.93. The lowest BCUT2D eigenvalue weighted by atomic mass is 10.1. The van der Waals surface area contributed by atoms with Crippen LogP contribution >= 0.6 is 0 Å². The molecule has 20 heavy (non-hydrogen) atoms. The van der Waals surface area contributed by atoms with Crippen LogP contribution in [0.15, 0.2) is 4.52 Å². The smallest absolute Gasteiger partial charge is 0.410 e. The fourth-order valence-corrected chi connectivity index (χ4v) is 2.27. The Balaban J connectivity index is 2.09. The first-order valence-corrected chi connectivity index (χ1v) is 6.76. The fourth-order valence-electron chi connectivity index (χ4n) is 2.27. The van der Waals surface area contributed by atoms with Crippen LogP contribution in [0, 0.1) is 6.92 Å². The van der Waals surface area contributed by atoms with Crippen molar-refractivity contribution in [3.05, 3.63) is 11.7 Å². The van der Waals surface area contributed by atoms with Gasteiger partial charge in [-0.3, -0.25) is 0 Å². The van der Waals surface area contributed by atoms with E-state index in [-0.39, 0.29) is 11.9 Å². The van der Waals surface area contributed by atoms with Crippen LogP contribution in [0.5, 0.6) is 0 Å². The largest absolute Gasteiger partial charge is 0.444 e. The van der Waals surface area contributed by atoms with Gasteiger partial charge in [-0.25, -0.2) is 4.79 Å². The van der Waals surface area contributed by atoms with Gasteiger partial charge in [0.2, 0.25) is 0 Å². The second-order valence-electron chi connectivity index (χ2n) is 6.01. The number of nitrogens with zero attached hydrogens (tertiary/aromatic N) is 3. The Kier molecular flexibility index (Phi) is 3.99. The van der Waals surface area contributed by atoms with Gasteiger partial charge in [0.05, 0.1) is 6.04 Å². The molecule has 2 atom stereocenters. The van der Waals surface area contributed by atoms with Crippen molar-refractivity contribution in [2.24, 2.45) is 0 Å². The van der Waals surface area contributed by atoms with Crippen LogP contribution in [0.4, 0.5) is 4.79 Å². The Labute approximate surface area is 117 Å². The van der Waals surface area contributed by atoms with Crippen molar-refractivity contribution in [1.29, 1.82) is 0 Å². The summed E-state index contributed by atoms with van der Waals surface area (Å²) in [6, 6.07) is -0.385. The minimum atomic E-state index is -0.980. The number of aliphatic hydroxyl groups is 1. The van der Waals surface area contributed by atoms with Crippen molar-refractivity contribution >= 4 is 6.09 Å². The molecule has 0 radical (unpaired) electrons. The molecule has 1 N–H and O–H groups in total. The standard InChI is InChI=1S/C13H21N3O4/c1-8-14-11(20-15-8)10(17)9-6-5-7-16(9)12(18)19-13(2,3)4/h9-10,17H,5-7H2,1-4H3/t9-,10?/m0/s1. The molecule has 0 saturated carbocycles. The monoisotopic (exact) mass is 283 g/mol. The molecule has 7 heteroatoms. The number of hydrogen-bond acceptors (Lipinski definition) is 6. The van der Waals surface area contributed by atoms with Gasteiger partial charge in [0, 0.05) is 6.54 Å². The van der Waals surface area contributed by atoms with Crippen LogP contribution in [0.2, 0.25) is 0 Å². The van der Waals surface area contributed by atoms with Gasteiger partial charge >= 0.3 is 6.09 Å². The predicted molar refractivity (Wildman–Crippen MR) is 70.0 cm³/mol. The molecule has 0 aromatic carbocycles. The van der Waals surface area contributed by atoms with E-state index in [1.807, 2.05) is 20.8 Å². The molecule has 1 aliphatic rings. The SMILES string of the molecule is Cc1noc(C(O)[C@@H]2CCCN2C(=O)OC(C)(C)C)n1. The van der Waals surface area contributed by atoms with Crippen LogP contribution in [0.1, 0.15) is 51.4 Å². The number of carbonyl (C=O) groups excluding carboxylic acids is 1. The van der Waals surface area contributed by atoms with E-state index in [1.54, 1.807) is 6.92 Å². The summed E-state index contributed by atoms with van der Waals surface area (Å²) in [5, 5.41) is 14.0. The zero-order chi connectivity index (χ0) is 14.9. The summed E-state index contributed by atoms with van der Waals surface area (Å²) in [6.07, 6.45) is 0.0946. The van der Waals surface area contributed by atoms with Gasteiger partial charge in [0.1, 0.15) is 5.60 Å². The van der Waals surface area contributed by atoms with Crippen molar-refractivity contribution in [3.63, 3.8) is 0 Å². The Bertz CT molecular complexity index is 480. The van der Waals surface area contributed by atoms with Crippen molar-refractivity contribution in [2.45, 2.75) is 58.3 Å². The summed E-state index contributed by atoms with van der Waals surface area (Å²) in [6.45, 7) is 7.68. The number of aryl methyl sites for hydroxylation is 1. The van der Waals surface area contributed by atoms with Crippen molar-refractivity contribution < 1.29 is 19.2 Å². The zero-order valence-electron chi connectivity index (χ0n) is 12.3. The summed E-state index contributed by atoms with van der Waals surface area (Å²) < 4.78 is 10.3. The van der Waals surface area contributed by atoms with Crippen molar-refractivity contribution in [3.8, 4) is 0 Å². The first-order valence-electron chi connectivity index (χ1n) is 6.76. The lowest BCUT2D eigenvalue weighted by Crippen LogP contribution is -2.42. The summed E-state index contributed by atoms with van der Waals surface area (Å²) in [7, 11) is 0. The third kappa shape index (κ3) is 3.27. The number of likely N-dealkylation sites (tertiary alicyclic amines) is 1. The van der Waals surface area contributed by atoms with E-state index in [2.05, 4.69) is 10.1 Å². The molecule has 7 nitrogen and oxygen atoms in total. The number of ether oxygens (including phenoxy) is 1. The Morgan fingerprint density at radius 3 is 2.80 bits per heavy atom. The number of aromatic nitrogens is 2. The van der Waals surface area contributed by atoms with Crippen LogP contribution < -0.4 is 0 Å². The molecule has 0 spiro atoms. The third-order valence-electron chi connectivity index (χ3n) is 3.09. The van der Waals surface area contributed by atoms with E-state index in [0.717, 1.165) is 6.42 Å². The van der Waals surface area contributed by atoms with Crippen LogP contribution in [0.3, 0.4) is 0 Å². The van der Waals surface area contributed by atoms with Gasteiger partial charge in [0.25, 0.3) is 5.89 Å². The minimum absolute atomic E-state index is 0.142. The average molecular weight is 283 g/mol. The first-order chi connectivity index (χ1) is 9.28. The third-order valence-corrected chi connectivity index (χ3v) is 3.09. The number of aliphatic hydroxyl groups excluding tert-OH is 1. The number of hydrogen-bond donors (Lipinski definition) is 1. The summed E-state index contributed by atoms with van der Waals surface area (Å²) in [4.78, 5) is 17.7. The highest BCUT2D eigenvalue weighted by Gasteiger charge is 2.39. The van der Waals surface area contributed by atoms with E-state index < -0.39 is 17.8 Å². The van der Waals surface area contributed by atoms with E-state index in [4.69, 9.17) is 9.26 Å². The number of rotatable bonds is 2.